The number of carbonyl (C=O) groups is 2. The standard InChI is InChI=1S/C16H17BrN4O2S/c17-11-5-3-10(4-6-11)15(23)20-16-19-12(9-24-16)13-2-1-7-21(13)8-14(18)22/h3-6,9,13H,1-2,7-8H2,(H2,18,22)(H,19,20,23)/t13-/m1/s1. The summed E-state index contributed by atoms with van der Waals surface area (Å²) in [6.07, 6.45) is 1.95. The third-order valence-electron chi connectivity index (χ3n) is 3.91. The van der Waals surface area contributed by atoms with Gasteiger partial charge in [-0.3, -0.25) is 19.8 Å². The quantitative estimate of drug-likeness (QED) is 0.795. The molecule has 2 aromatic rings. The van der Waals surface area contributed by atoms with E-state index in [1.54, 1.807) is 12.1 Å². The molecule has 2 heterocycles. The number of benzene rings is 1. The molecule has 6 nitrogen and oxygen atoms in total. The van der Waals surface area contributed by atoms with Crippen molar-refractivity contribution in [3.63, 3.8) is 0 Å². The monoisotopic (exact) mass is 408 g/mol. The average Bonchev–Trinajstić information content (AvgIpc) is 3.16. The van der Waals surface area contributed by atoms with Crippen LogP contribution in [-0.4, -0.2) is 34.8 Å². The maximum atomic E-state index is 12.2. The molecule has 0 unspecified atom stereocenters. The highest BCUT2D eigenvalue weighted by atomic mass is 79.9. The predicted octanol–water partition coefficient (Wildman–Crippen LogP) is 2.78. The van der Waals surface area contributed by atoms with Gasteiger partial charge in [-0.25, -0.2) is 4.98 Å². The van der Waals surface area contributed by atoms with Crippen molar-refractivity contribution in [2.45, 2.75) is 18.9 Å². The van der Waals surface area contributed by atoms with Crippen molar-refractivity contribution in [1.29, 1.82) is 0 Å². The van der Waals surface area contributed by atoms with Crippen LogP contribution >= 0.6 is 27.3 Å². The van der Waals surface area contributed by atoms with E-state index in [0.29, 0.717) is 10.7 Å². The lowest BCUT2D eigenvalue weighted by Gasteiger charge is -2.21. The van der Waals surface area contributed by atoms with Gasteiger partial charge in [0.1, 0.15) is 0 Å². The second-order valence-electron chi connectivity index (χ2n) is 5.63. The fourth-order valence-electron chi connectivity index (χ4n) is 2.82. The third-order valence-corrected chi connectivity index (χ3v) is 5.22. The van der Waals surface area contributed by atoms with Gasteiger partial charge in [0.05, 0.1) is 18.3 Å². The minimum atomic E-state index is -0.333. The molecule has 0 bridgehead atoms. The molecule has 0 saturated carbocycles. The molecule has 3 N–H and O–H groups in total. The summed E-state index contributed by atoms with van der Waals surface area (Å²) in [6, 6.07) is 7.23. The predicted molar refractivity (Wildman–Crippen MR) is 97.0 cm³/mol. The van der Waals surface area contributed by atoms with E-state index in [4.69, 9.17) is 5.73 Å². The zero-order valence-electron chi connectivity index (χ0n) is 12.9. The first-order valence-corrected chi connectivity index (χ1v) is 9.25. The fourth-order valence-corrected chi connectivity index (χ4v) is 3.83. The van der Waals surface area contributed by atoms with Gasteiger partial charge in [0, 0.05) is 15.4 Å². The van der Waals surface area contributed by atoms with Gasteiger partial charge in [-0.05, 0) is 43.7 Å². The molecular weight excluding hydrogens is 392 g/mol. The largest absolute Gasteiger partial charge is 0.369 e. The normalized spacial score (nSPS) is 17.8. The molecule has 1 aliphatic heterocycles. The number of halogens is 1. The zero-order valence-corrected chi connectivity index (χ0v) is 15.3. The molecule has 3 rings (SSSR count). The van der Waals surface area contributed by atoms with E-state index in [0.717, 1.165) is 29.6 Å². The van der Waals surface area contributed by atoms with Crippen LogP contribution in [0.15, 0.2) is 34.1 Å². The highest BCUT2D eigenvalue weighted by Gasteiger charge is 2.29. The van der Waals surface area contributed by atoms with Crippen molar-refractivity contribution < 1.29 is 9.59 Å². The summed E-state index contributed by atoms with van der Waals surface area (Å²) in [6.45, 7) is 1.08. The molecule has 1 fully saturated rings. The van der Waals surface area contributed by atoms with Crippen LogP contribution in [0, 0.1) is 0 Å². The molecule has 0 aliphatic carbocycles. The number of amides is 2. The summed E-state index contributed by atoms with van der Waals surface area (Å²) in [7, 11) is 0. The molecule has 0 radical (unpaired) electrons. The molecule has 126 valence electrons. The Morgan fingerprint density at radius 2 is 2.12 bits per heavy atom. The number of thiazole rings is 1. The molecule has 0 spiro atoms. The van der Waals surface area contributed by atoms with E-state index in [1.165, 1.54) is 11.3 Å². The Kier molecular flexibility index (Phi) is 5.27. The highest BCUT2D eigenvalue weighted by molar-refractivity contribution is 9.10. The maximum Gasteiger partial charge on any atom is 0.257 e. The van der Waals surface area contributed by atoms with Gasteiger partial charge in [0.2, 0.25) is 5.91 Å². The van der Waals surface area contributed by atoms with Crippen LogP contribution in [0.2, 0.25) is 0 Å². The highest BCUT2D eigenvalue weighted by Crippen LogP contribution is 2.33. The smallest absolute Gasteiger partial charge is 0.257 e. The van der Waals surface area contributed by atoms with E-state index in [1.807, 2.05) is 22.4 Å². The Morgan fingerprint density at radius 3 is 2.83 bits per heavy atom. The van der Waals surface area contributed by atoms with Gasteiger partial charge < -0.3 is 5.73 Å². The van der Waals surface area contributed by atoms with Crippen LogP contribution < -0.4 is 11.1 Å². The molecule has 1 aromatic heterocycles. The summed E-state index contributed by atoms with van der Waals surface area (Å²) in [5.41, 5.74) is 6.75. The van der Waals surface area contributed by atoms with E-state index < -0.39 is 0 Å². The Labute approximate surface area is 152 Å². The molecule has 2 amide bonds. The number of primary amides is 1. The Morgan fingerprint density at radius 1 is 1.38 bits per heavy atom. The van der Waals surface area contributed by atoms with Crippen LogP contribution in [-0.2, 0) is 4.79 Å². The first-order valence-electron chi connectivity index (χ1n) is 7.57. The summed E-state index contributed by atoms with van der Waals surface area (Å²) in [4.78, 5) is 30.0. The van der Waals surface area contributed by atoms with Gasteiger partial charge in [0.15, 0.2) is 5.13 Å². The Hall–Kier alpha value is -1.77. The number of carbonyl (C=O) groups excluding carboxylic acids is 2. The molecule has 1 aromatic carbocycles. The summed E-state index contributed by atoms with van der Waals surface area (Å²) in [5.74, 6) is -0.523. The van der Waals surface area contributed by atoms with Crippen molar-refractivity contribution in [2.75, 3.05) is 18.4 Å². The van der Waals surface area contributed by atoms with Crippen molar-refractivity contribution in [3.05, 3.63) is 45.4 Å². The SMILES string of the molecule is NC(=O)CN1CCC[C@@H]1c1csc(NC(=O)c2ccc(Br)cc2)n1. The Bertz CT molecular complexity index is 747. The third kappa shape index (κ3) is 4.00. The van der Waals surface area contributed by atoms with Gasteiger partial charge >= 0.3 is 0 Å². The molecule has 1 aliphatic rings. The van der Waals surface area contributed by atoms with Crippen LogP contribution in [0.5, 0.6) is 0 Å². The van der Waals surface area contributed by atoms with E-state index in [-0.39, 0.29) is 24.4 Å². The molecule has 1 atom stereocenters. The number of rotatable bonds is 5. The second-order valence-corrected chi connectivity index (χ2v) is 7.41. The zero-order chi connectivity index (χ0) is 17.1. The lowest BCUT2D eigenvalue weighted by molar-refractivity contribution is -0.119. The number of hydrogen-bond donors (Lipinski definition) is 2. The lowest BCUT2D eigenvalue weighted by Crippen LogP contribution is -2.33. The van der Waals surface area contributed by atoms with Gasteiger partial charge in [-0.2, -0.15) is 0 Å². The first-order chi connectivity index (χ1) is 11.5. The number of hydrogen-bond acceptors (Lipinski definition) is 5. The number of anilines is 1. The Balaban J connectivity index is 1.68. The lowest BCUT2D eigenvalue weighted by atomic mass is 10.2. The van der Waals surface area contributed by atoms with Crippen molar-refractivity contribution >= 4 is 44.2 Å². The molecular formula is C16H17BrN4O2S. The van der Waals surface area contributed by atoms with Crippen molar-refractivity contribution in [3.8, 4) is 0 Å². The number of nitrogens with two attached hydrogens (primary N) is 1. The van der Waals surface area contributed by atoms with E-state index in [2.05, 4.69) is 26.2 Å². The van der Waals surface area contributed by atoms with Gasteiger partial charge in [-0.1, -0.05) is 15.9 Å². The van der Waals surface area contributed by atoms with Crippen molar-refractivity contribution in [2.24, 2.45) is 5.73 Å². The van der Waals surface area contributed by atoms with Crippen molar-refractivity contribution in [1.82, 2.24) is 9.88 Å². The minimum absolute atomic E-state index is 0.0899. The summed E-state index contributed by atoms with van der Waals surface area (Å²) < 4.78 is 0.923. The van der Waals surface area contributed by atoms with Gasteiger partial charge in [-0.15, -0.1) is 11.3 Å². The minimum Gasteiger partial charge on any atom is -0.369 e. The summed E-state index contributed by atoms with van der Waals surface area (Å²) >= 11 is 4.73. The number of likely N-dealkylation sites (tertiary alicyclic amines) is 1. The topological polar surface area (TPSA) is 88.3 Å². The van der Waals surface area contributed by atoms with Crippen LogP contribution in [0.25, 0.3) is 0 Å². The fraction of sp³-hybridized carbons (Fsp3) is 0.312. The second kappa shape index (κ2) is 7.42. The number of aromatic nitrogens is 1. The van der Waals surface area contributed by atoms with Crippen LogP contribution in [0.3, 0.4) is 0 Å². The maximum absolute atomic E-state index is 12.2. The molecule has 8 heteroatoms. The number of nitrogens with one attached hydrogen (secondary N) is 1. The average molecular weight is 409 g/mol. The van der Waals surface area contributed by atoms with Crippen LogP contribution in [0.1, 0.15) is 34.9 Å². The number of nitrogens with zero attached hydrogens (tertiary/aromatic N) is 2. The molecule has 1 saturated heterocycles. The van der Waals surface area contributed by atoms with E-state index in [9.17, 15) is 9.59 Å². The van der Waals surface area contributed by atoms with Crippen LogP contribution in [0.4, 0.5) is 5.13 Å². The van der Waals surface area contributed by atoms with E-state index >= 15 is 0 Å². The first kappa shape index (κ1) is 17.1. The van der Waals surface area contributed by atoms with Gasteiger partial charge in [0.25, 0.3) is 5.91 Å². The summed E-state index contributed by atoms with van der Waals surface area (Å²) in [5, 5.41) is 5.31. The molecule has 24 heavy (non-hydrogen) atoms.